The molecule has 0 fully saturated rings. The summed E-state index contributed by atoms with van der Waals surface area (Å²) in [6.07, 6.45) is 0. The van der Waals surface area contributed by atoms with Crippen LogP contribution in [0.15, 0.2) is 22.7 Å². The Morgan fingerprint density at radius 2 is 2.10 bits per heavy atom. The first-order valence-electron chi connectivity index (χ1n) is 5.49. The van der Waals surface area contributed by atoms with Crippen molar-refractivity contribution in [3.63, 3.8) is 0 Å². The van der Waals surface area contributed by atoms with Gasteiger partial charge in [0.15, 0.2) is 0 Å². The SMILES string of the molecule is CN(CC(=O)NCC(=O)O)Cc1cc(Br)ccc1F.Cl. The molecule has 0 aromatic heterocycles. The normalized spacial score (nSPS) is 10.0. The van der Waals surface area contributed by atoms with Crippen LogP contribution >= 0.6 is 28.3 Å². The highest BCUT2D eigenvalue weighted by Gasteiger charge is 2.10. The molecular weight excluding hydrogens is 354 g/mol. The Morgan fingerprint density at radius 1 is 1.45 bits per heavy atom. The van der Waals surface area contributed by atoms with Gasteiger partial charge in [-0.3, -0.25) is 14.5 Å². The average molecular weight is 370 g/mol. The van der Waals surface area contributed by atoms with Crippen LogP contribution in [0.5, 0.6) is 0 Å². The first-order valence-corrected chi connectivity index (χ1v) is 6.28. The number of hydrogen-bond donors (Lipinski definition) is 2. The van der Waals surface area contributed by atoms with Crippen LogP contribution in [0.25, 0.3) is 0 Å². The van der Waals surface area contributed by atoms with Gasteiger partial charge in [-0.2, -0.15) is 0 Å². The number of carbonyl (C=O) groups is 2. The number of benzene rings is 1. The number of nitrogens with one attached hydrogen (secondary N) is 1. The molecule has 2 N–H and O–H groups in total. The zero-order valence-corrected chi connectivity index (χ0v) is 13.1. The van der Waals surface area contributed by atoms with Crippen LogP contribution in [0.3, 0.4) is 0 Å². The molecule has 0 atom stereocenters. The molecule has 1 aromatic carbocycles. The third-order valence-electron chi connectivity index (χ3n) is 2.30. The molecule has 0 aliphatic heterocycles. The molecule has 5 nitrogen and oxygen atoms in total. The van der Waals surface area contributed by atoms with Crippen LogP contribution in [0.1, 0.15) is 5.56 Å². The number of aliphatic carboxylic acids is 1. The van der Waals surface area contributed by atoms with Crippen molar-refractivity contribution >= 4 is 40.2 Å². The van der Waals surface area contributed by atoms with Crippen LogP contribution in [0.2, 0.25) is 0 Å². The molecule has 0 heterocycles. The summed E-state index contributed by atoms with van der Waals surface area (Å²) >= 11 is 3.25. The van der Waals surface area contributed by atoms with Gasteiger partial charge >= 0.3 is 5.97 Å². The molecule has 1 rings (SSSR count). The molecule has 0 aliphatic carbocycles. The van der Waals surface area contributed by atoms with E-state index in [1.54, 1.807) is 24.1 Å². The number of carboxylic acids is 1. The molecule has 0 unspecified atom stereocenters. The third kappa shape index (κ3) is 6.83. The fourth-order valence-corrected chi connectivity index (χ4v) is 1.89. The molecule has 0 saturated carbocycles. The lowest BCUT2D eigenvalue weighted by atomic mass is 10.2. The van der Waals surface area contributed by atoms with Crippen molar-refractivity contribution in [2.24, 2.45) is 0 Å². The van der Waals surface area contributed by atoms with Crippen molar-refractivity contribution in [2.75, 3.05) is 20.1 Å². The second kappa shape index (κ2) is 8.89. The van der Waals surface area contributed by atoms with E-state index < -0.39 is 18.4 Å². The van der Waals surface area contributed by atoms with E-state index in [4.69, 9.17) is 5.11 Å². The van der Waals surface area contributed by atoms with Crippen LogP contribution < -0.4 is 5.32 Å². The summed E-state index contributed by atoms with van der Waals surface area (Å²) in [5.41, 5.74) is 0.461. The highest BCUT2D eigenvalue weighted by molar-refractivity contribution is 9.10. The van der Waals surface area contributed by atoms with Gasteiger partial charge in [0, 0.05) is 16.6 Å². The highest BCUT2D eigenvalue weighted by atomic mass is 79.9. The highest BCUT2D eigenvalue weighted by Crippen LogP contribution is 2.16. The number of carboxylic acid groups (broad SMARTS) is 1. The van der Waals surface area contributed by atoms with E-state index in [0.29, 0.717) is 5.56 Å². The van der Waals surface area contributed by atoms with Crippen molar-refractivity contribution < 1.29 is 19.1 Å². The average Bonchev–Trinajstić information content (AvgIpc) is 2.31. The molecule has 8 heteroatoms. The van der Waals surface area contributed by atoms with E-state index in [0.717, 1.165) is 4.47 Å². The van der Waals surface area contributed by atoms with Crippen molar-refractivity contribution in [3.05, 3.63) is 34.1 Å². The van der Waals surface area contributed by atoms with Crippen molar-refractivity contribution in [2.45, 2.75) is 6.54 Å². The molecule has 0 spiro atoms. The maximum atomic E-state index is 13.5. The van der Waals surface area contributed by atoms with Gasteiger partial charge in [0.25, 0.3) is 0 Å². The molecule has 0 aliphatic rings. The fraction of sp³-hybridized carbons (Fsp3) is 0.333. The smallest absolute Gasteiger partial charge is 0.322 e. The number of likely N-dealkylation sites (N-methyl/N-ethyl adjacent to an activating group) is 1. The molecular formula is C12H15BrClFN2O3. The lowest BCUT2D eigenvalue weighted by Gasteiger charge is -2.16. The van der Waals surface area contributed by atoms with Crippen LogP contribution in [0, 0.1) is 5.82 Å². The standard InChI is InChI=1S/C12H14BrFN2O3.ClH/c1-16(7-11(17)15-5-12(18)19)6-8-4-9(13)2-3-10(8)14;/h2-4H,5-7H2,1H3,(H,15,17)(H,18,19);1H. The molecule has 20 heavy (non-hydrogen) atoms. The van der Waals surface area contributed by atoms with Crippen molar-refractivity contribution in [1.29, 1.82) is 0 Å². The van der Waals surface area contributed by atoms with Gasteiger partial charge < -0.3 is 10.4 Å². The second-order valence-electron chi connectivity index (χ2n) is 4.08. The Hall–Kier alpha value is -1.18. The van der Waals surface area contributed by atoms with Gasteiger partial charge in [-0.05, 0) is 25.2 Å². The van der Waals surface area contributed by atoms with E-state index in [1.807, 2.05) is 0 Å². The molecule has 0 bridgehead atoms. The lowest BCUT2D eigenvalue weighted by Crippen LogP contribution is -2.37. The summed E-state index contributed by atoms with van der Waals surface area (Å²) in [5, 5.41) is 10.7. The maximum Gasteiger partial charge on any atom is 0.322 e. The third-order valence-corrected chi connectivity index (χ3v) is 2.79. The van der Waals surface area contributed by atoms with Gasteiger partial charge in [0.1, 0.15) is 12.4 Å². The van der Waals surface area contributed by atoms with Crippen LogP contribution in [-0.4, -0.2) is 42.0 Å². The first kappa shape index (κ1) is 18.8. The second-order valence-corrected chi connectivity index (χ2v) is 4.99. The Labute approximate surface area is 130 Å². The predicted octanol–water partition coefficient (Wildman–Crippen LogP) is 1.64. The van der Waals surface area contributed by atoms with E-state index in [9.17, 15) is 14.0 Å². The number of amides is 1. The zero-order chi connectivity index (χ0) is 14.4. The summed E-state index contributed by atoms with van der Waals surface area (Å²) in [4.78, 5) is 23.3. The minimum absolute atomic E-state index is 0. The summed E-state index contributed by atoms with van der Waals surface area (Å²) in [6.45, 7) is -0.164. The number of hydrogen-bond acceptors (Lipinski definition) is 3. The predicted molar refractivity (Wildman–Crippen MR) is 78.3 cm³/mol. The Kier molecular flexibility index (Phi) is 8.36. The van der Waals surface area contributed by atoms with Gasteiger partial charge in [-0.25, -0.2) is 4.39 Å². The number of rotatable bonds is 6. The summed E-state index contributed by atoms with van der Waals surface area (Å²) in [5.74, 6) is -1.87. The minimum Gasteiger partial charge on any atom is -0.480 e. The van der Waals surface area contributed by atoms with Crippen molar-refractivity contribution in [1.82, 2.24) is 10.2 Å². The lowest BCUT2D eigenvalue weighted by molar-refractivity contribution is -0.138. The number of nitrogens with zero attached hydrogens (tertiary/aromatic N) is 1. The maximum absolute atomic E-state index is 13.5. The van der Waals surface area contributed by atoms with E-state index in [-0.39, 0.29) is 31.3 Å². The van der Waals surface area contributed by atoms with Gasteiger partial charge in [0.2, 0.25) is 5.91 Å². The molecule has 0 saturated heterocycles. The Morgan fingerprint density at radius 3 is 2.70 bits per heavy atom. The van der Waals surface area contributed by atoms with E-state index in [2.05, 4.69) is 21.2 Å². The summed E-state index contributed by atoms with van der Waals surface area (Å²) in [7, 11) is 1.65. The molecule has 0 radical (unpaired) electrons. The van der Waals surface area contributed by atoms with Crippen LogP contribution in [-0.2, 0) is 16.1 Å². The van der Waals surface area contributed by atoms with Gasteiger partial charge in [-0.15, -0.1) is 12.4 Å². The molecule has 112 valence electrons. The Balaban J connectivity index is 0.00000361. The largest absolute Gasteiger partial charge is 0.480 e. The van der Waals surface area contributed by atoms with E-state index >= 15 is 0 Å². The number of carbonyl (C=O) groups excluding carboxylic acids is 1. The summed E-state index contributed by atoms with van der Waals surface area (Å²) < 4.78 is 14.3. The monoisotopic (exact) mass is 368 g/mol. The zero-order valence-electron chi connectivity index (χ0n) is 10.7. The quantitative estimate of drug-likeness (QED) is 0.800. The van der Waals surface area contributed by atoms with Crippen LogP contribution in [0.4, 0.5) is 4.39 Å². The van der Waals surface area contributed by atoms with Gasteiger partial charge in [-0.1, -0.05) is 15.9 Å². The topological polar surface area (TPSA) is 69.6 Å². The Bertz CT molecular complexity index is 488. The number of halogens is 3. The van der Waals surface area contributed by atoms with Gasteiger partial charge in [0.05, 0.1) is 6.54 Å². The fourth-order valence-electron chi connectivity index (χ4n) is 1.49. The first-order chi connectivity index (χ1) is 8.88. The molecule has 1 amide bonds. The minimum atomic E-state index is -1.10. The van der Waals surface area contributed by atoms with Crippen molar-refractivity contribution in [3.8, 4) is 0 Å². The summed E-state index contributed by atoms with van der Waals surface area (Å²) in [6, 6.07) is 4.58. The molecule has 1 aromatic rings. The van der Waals surface area contributed by atoms with E-state index in [1.165, 1.54) is 6.07 Å².